The summed E-state index contributed by atoms with van der Waals surface area (Å²) in [4.78, 5) is 37.4. The lowest BCUT2D eigenvalue weighted by molar-refractivity contribution is -0.134. The van der Waals surface area contributed by atoms with Crippen LogP contribution in [0.2, 0.25) is 0 Å². The maximum atomic E-state index is 12.0. The standard InChI is InChI=1S/C16H16N2O4/c1-17-14(19)12(15(20)18(2)16(17)21)9-6-8-11-7-4-5-10-13(11)22-3/h4-10H,1-3H3. The van der Waals surface area contributed by atoms with Crippen LogP contribution in [0.3, 0.4) is 0 Å². The molecule has 114 valence electrons. The Morgan fingerprint density at radius 1 is 1.00 bits per heavy atom. The number of barbiturate groups is 1. The molecule has 0 radical (unpaired) electrons. The zero-order valence-electron chi connectivity index (χ0n) is 12.6. The second-order valence-corrected chi connectivity index (χ2v) is 4.69. The lowest BCUT2D eigenvalue weighted by Gasteiger charge is -2.28. The number of carbonyl (C=O) groups is 3. The molecule has 0 unspecified atom stereocenters. The molecule has 1 heterocycles. The van der Waals surface area contributed by atoms with E-state index in [0.717, 1.165) is 15.4 Å². The first kappa shape index (κ1) is 15.5. The normalized spacial score (nSPS) is 15.8. The van der Waals surface area contributed by atoms with Gasteiger partial charge in [0.25, 0.3) is 11.8 Å². The molecule has 0 bridgehead atoms. The summed E-state index contributed by atoms with van der Waals surface area (Å²) in [5.41, 5.74) is 0.756. The average molecular weight is 300 g/mol. The Morgan fingerprint density at radius 2 is 1.59 bits per heavy atom. The van der Waals surface area contributed by atoms with Gasteiger partial charge in [-0.2, -0.15) is 0 Å². The van der Waals surface area contributed by atoms with Crippen molar-refractivity contribution >= 4 is 23.9 Å². The number of amides is 4. The Labute approximate surface area is 128 Å². The van der Waals surface area contributed by atoms with Crippen LogP contribution in [0.1, 0.15) is 5.56 Å². The van der Waals surface area contributed by atoms with Crippen LogP contribution in [0.25, 0.3) is 6.08 Å². The molecule has 0 aromatic heterocycles. The minimum Gasteiger partial charge on any atom is -0.496 e. The van der Waals surface area contributed by atoms with E-state index in [-0.39, 0.29) is 5.57 Å². The van der Waals surface area contributed by atoms with E-state index in [2.05, 4.69) is 0 Å². The van der Waals surface area contributed by atoms with Crippen LogP contribution in [0, 0.1) is 0 Å². The number of rotatable bonds is 3. The third-order valence-electron chi connectivity index (χ3n) is 3.32. The van der Waals surface area contributed by atoms with Crippen LogP contribution >= 0.6 is 0 Å². The summed E-state index contributed by atoms with van der Waals surface area (Å²) in [7, 11) is 4.24. The van der Waals surface area contributed by atoms with E-state index < -0.39 is 17.8 Å². The second-order valence-electron chi connectivity index (χ2n) is 4.69. The third kappa shape index (κ3) is 2.76. The number of ether oxygens (including phenoxy) is 1. The second kappa shape index (κ2) is 6.26. The number of urea groups is 1. The topological polar surface area (TPSA) is 66.9 Å². The summed E-state index contributed by atoms with van der Waals surface area (Å²) >= 11 is 0. The molecule has 22 heavy (non-hydrogen) atoms. The molecule has 4 amide bonds. The minimum atomic E-state index is -0.638. The fourth-order valence-corrected chi connectivity index (χ4v) is 2.05. The quantitative estimate of drug-likeness (QED) is 0.629. The van der Waals surface area contributed by atoms with E-state index in [1.165, 1.54) is 20.2 Å². The first-order valence-electron chi connectivity index (χ1n) is 6.58. The van der Waals surface area contributed by atoms with Crippen molar-refractivity contribution in [1.82, 2.24) is 9.80 Å². The summed E-state index contributed by atoms with van der Waals surface area (Å²) in [6, 6.07) is 6.72. The predicted octanol–water partition coefficient (Wildman–Crippen LogP) is 1.69. The van der Waals surface area contributed by atoms with Gasteiger partial charge in [0.05, 0.1) is 7.11 Å². The Kier molecular flexibility index (Phi) is 4.41. The molecule has 1 aliphatic rings. The number of benzene rings is 1. The molecule has 0 saturated carbocycles. The molecule has 1 aromatic carbocycles. The van der Waals surface area contributed by atoms with Crippen LogP contribution in [0.4, 0.5) is 4.79 Å². The van der Waals surface area contributed by atoms with Crippen molar-refractivity contribution in [3.05, 3.63) is 47.6 Å². The highest BCUT2D eigenvalue weighted by Crippen LogP contribution is 2.19. The van der Waals surface area contributed by atoms with Crippen molar-refractivity contribution in [2.75, 3.05) is 21.2 Å². The zero-order valence-corrected chi connectivity index (χ0v) is 12.6. The van der Waals surface area contributed by atoms with Gasteiger partial charge in [0, 0.05) is 19.7 Å². The maximum Gasteiger partial charge on any atom is 0.333 e. The number of hydrogen-bond donors (Lipinski definition) is 0. The van der Waals surface area contributed by atoms with Crippen molar-refractivity contribution in [2.24, 2.45) is 0 Å². The van der Waals surface area contributed by atoms with E-state index in [1.54, 1.807) is 19.3 Å². The molecule has 0 N–H and O–H groups in total. The number of hydrogen-bond acceptors (Lipinski definition) is 4. The van der Waals surface area contributed by atoms with Crippen molar-refractivity contribution < 1.29 is 19.1 Å². The summed E-state index contributed by atoms with van der Waals surface area (Å²) in [6.45, 7) is 0. The lowest BCUT2D eigenvalue weighted by atomic mass is 10.1. The molecule has 1 fully saturated rings. The minimum absolute atomic E-state index is 0.0595. The molecule has 0 aliphatic carbocycles. The van der Waals surface area contributed by atoms with Gasteiger partial charge in [-0.25, -0.2) is 4.79 Å². The maximum absolute atomic E-state index is 12.0. The number of nitrogens with zero attached hydrogens (tertiary/aromatic N) is 2. The van der Waals surface area contributed by atoms with Crippen LogP contribution < -0.4 is 4.74 Å². The van der Waals surface area contributed by atoms with E-state index in [4.69, 9.17) is 4.74 Å². The van der Waals surface area contributed by atoms with Gasteiger partial charge in [-0.1, -0.05) is 30.4 Å². The zero-order chi connectivity index (χ0) is 16.3. The van der Waals surface area contributed by atoms with Crippen molar-refractivity contribution in [2.45, 2.75) is 0 Å². The van der Waals surface area contributed by atoms with Crippen molar-refractivity contribution in [1.29, 1.82) is 0 Å². The van der Waals surface area contributed by atoms with E-state index >= 15 is 0 Å². The van der Waals surface area contributed by atoms with Gasteiger partial charge in [0.2, 0.25) is 0 Å². The number of methoxy groups -OCH3 is 1. The fourth-order valence-electron chi connectivity index (χ4n) is 2.05. The van der Waals surface area contributed by atoms with Gasteiger partial charge in [0.15, 0.2) is 0 Å². The fraction of sp³-hybridized carbons (Fsp3) is 0.188. The van der Waals surface area contributed by atoms with E-state index in [9.17, 15) is 14.4 Å². The summed E-state index contributed by atoms with van der Waals surface area (Å²) in [5.74, 6) is -0.543. The van der Waals surface area contributed by atoms with Crippen LogP contribution in [0.5, 0.6) is 5.75 Å². The summed E-state index contributed by atoms with van der Waals surface area (Å²) in [6.07, 6.45) is 4.71. The van der Waals surface area contributed by atoms with Crippen molar-refractivity contribution in [3.63, 3.8) is 0 Å². The predicted molar refractivity (Wildman–Crippen MR) is 81.0 cm³/mol. The van der Waals surface area contributed by atoms with Crippen molar-refractivity contribution in [3.8, 4) is 5.75 Å². The monoisotopic (exact) mass is 300 g/mol. The molecule has 6 heteroatoms. The molecule has 0 spiro atoms. The number of para-hydroxylation sites is 1. The van der Waals surface area contributed by atoms with Gasteiger partial charge >= 0.3 is 6.03 Å². The Balaban J connectivity index is 2.28. The SMILES string of the molecule is COc1ccccc1C=CC=C1C(=O)N(C)C(=O)N(C)C1=O. The van der Waals surface area contributed by atoms with Gasteiger partial charge in [-0.05, 0) is 12.1 Å². The molecule has 1 aliphatic heterocycles. The average Bonchev–Trinajstić information content (AvgIpc) is 2.54. The van der Waals surface area contributed by atoms with Crippen LogP contribution in [0.15, 0.2) is 42.0 Å². The number of imide groups is 2. The Morgan fingerprint density at radius 3 is 2.18 bits per heavy atom. The Hall–Kier alpha value is -2.89. The van der Waals surface area contributed by atoms with Crippen LogP contribution in [-0.2, 0) is 9.59 Å². The number of allylic oxidation sites excluding steroid dienone is 2. The molecule has 1 saturated heterocycles. The molecular formula is C16H16N2O4. The molecule has 0 atom stereocenters. The summed E-state index contributed by atoms with van der Waals surface area (Å²) in [5, 5.41) is 0. The highest BCUT2D eigenvalue weighted by Gasteiger charge is 2.37. The highest BCUT2D eigenvalue weighted by atomic mass is 16.5. The summed E-state index contributed by atoms with van der Waals surface area (Å²) < 4.78 is 5.21. The van der Waals surface area contributed by atoms with E-state index in [1.807, 2.05) is 24.3 Å². The Bertz CT molecular complexity index is 665. The molecular weight excluding hydrogens is 284 g/mol. The number of likely N-dealkylation sites (N-methyl/N-ethyl adjacent to an activating group) is 2. The lowest BCUT2D eigenvalue weighted by Crippen LogP contribution is -2.52. The highest BCUT2D eigenvalue weighted by molar-refractivity contribution is 6.28. The molecule has 2 rings (SSSR count). The first-order chi connectivity index (χ1) is 10.5. The molecule has 1 aromatic rings. The van der Waals surface area contributed by atoms with Gasteiger partial charge in [-0.3, -0.25) is 19.4 Å². The van der Waals surface area contributed by atoms with E-state index in [0.29, 0.717) is 5.75 Å². The van der Waals surface area contributed by atoms with Crippen LogP contribution in [-0.4, -0.2) is 48.9 Å². The first-order valence-corrected chi connectivity index (χ1v) is 6.58. The van der Waals surface area contributed by atoms with Gasteiger partial charge in [-0.15, -0.1) is 0 Å². The molecule has 6 nitrogen and oxygen atoms in total. The number of carbonyl (C=O) groups excluding carboxylic acids is 3. The van der Waals surface area contributed by atoms with Gasteiger partial charge < -0.3 is 4.74 Å². The smallest absolute Gasteiger partial charge is 0.333 e. The van der Waals surface area contributed by atoms with Gasteiger partial charge in [0.1, 0.15) is 11.3 Å². The largest absolute Gasteiger partial charge is 0.496 e. The third-order valence-corrected chi connectivity index (χ3v) is 3.32.